The number of nitrogens with zero attached hydrogens (tertiary/aromatic N) is 1. The third-order valence-electron chi connectivity index (χ3n) is 5.18. The van der Waals surface area contributed by atoms with Gasteiger partial charge in [-0.25, -0.2) is 4.79 Å². The van der Waals surface area contributed by atoms with Gasteiger partial charge in [-0.2, -0.15) is 0 Å². The molecule has 4 heteroatoms. The standard InChI is InChI=1S/C20H21NO2S/c1-21-16-12-14(20(22)23-2)9-10-15(16)18(13-6-3-4-7-13)19(21)17-8-5-11-24-17/h5,8-13H,3-4,6-7H2,1-2H3. The molecule has 1 saturated carbocycles. The lowest BCUT2D eigenvalue weighted by Gasteiger charge is -2.12. The minimum atomic E-state index is -0.279. The van der Waals surface area contributed by atoms with Gasteiger partial charge in [0.05, 0.1) is 23.2 Å². The maximum atomic E-state index is 11.9. The first-order valence-electron chi connectivity index (χ1n) is 8.45. The van der Waals surface area contributed by atoms with Gasteiger partial charge in [0.15, 0.2) is 0 Å². The molecule has 4 rings (SSSR count). The summed E-state index contributed by atoms with van der Waals surface area (Å²) in [6.07, 6.45) is 5.14. The summed E-state index contributed by atoms with van der Waals surface area (Å²) in [7, 11) is 3.54. The molecule has 1 fully saturated rings. The van der Waals surface area contributed by atoms with Gasteiger partial charge in [-0.1, -0.05) is 25.0 Å². The largest absolute Gasteiger partial charge is 0.465 e. The molecule has 1 aliphatic carbocycles. The Hall–Kier alpha value is -2.07. The normalized spacial score (nSPS) is 15.2. The van der Waals surface area contributed by atoms with Gasteiger partial charge in [0.2, 0.25) is 0 Å². The van der Waals surface area contributed by atoms with Crippen molar-refractivity contribution in [3.63, 3.8) is 0 Å². The molecule has 0 unspecified atom stereocenters. The number of esters is 1. The molecule has 1 aromatic carbocycles. The highest BCUT2D eigenvalue weighted by Gasteiger charge is 2.27. The molecular weight excluding hydrogens is 318 g/mol. The number of ether oxygens (including phenoxy) is 1. The Labute approximate surface area is 145 Å². The fourth-order valence-electron chi connectivity index (χ4n) is 4.05. The Balaban J connectivity index is 1.99. The van der Waals surface area contributed by atoms with Crippen LogP contribution in [0.1, 0.15) is 47.5 Å². The van der Waals surface area contributed by atoms with Crippen molar-refractivity contribution >= 4 is 28.2 Å². The molecule has 124 valence electrons. The zero-order valence-corrected chi connectivity index (χ0v) is 14.9. The average Bonchev–Trinajstić information content (AvgIpc) is 3.34. The van der Waals surface area contributed by atoms with Crippen molar-refractivity contribution in [2.75, 3.05) is 7.11 Å². The first-order valence-corrected chi connectivity index (χ1v) is 9.33. The summed E-state index contributed by atoms with van der Waals surface area (Å²) >= 11 is 1.78. The number of hydrogen-bond donors (Lipinski definition) is 0. The molecule has 0 bridgehead atoms. The fraction of sp³-hybridized carbons (Fsp3) is 0.350. The van der Waals surface area contributed by atoms with Gasteiger partial charge in [0.1, 0.15) is 0 Å². The van der Waals surface area contributed by atoms with Gasteiger partial charge in [-0.05, 0) is 47.9 Å². The van der Waals surface area contributed by atoms with Crippen LogP contribution in [0, 0.1) is 0 Å². The van der Waals surface area contributed by atoms with Crippen LogP contribution in [0.4, 0.5) is 0 Å². The maximum absolute atomic E-state index is 11.9. The fourth-order valence-corrected chi connectivity index (χ4v) is 4.87. The van der Waals surface area contributed by atoms with E-state index in [1.807, 2.05) is 12.1 Å². The van der Waals surface area contributed by atoms with Crippen LogP contribution < -0.4 is 0 Å². The number of aryl methyl sites for hydroxylation is 1. The van der Waals surface area contributed by atoms with Crippen LogP contribution in [0.15, 0.2) is 35.7 Å². The van der Waals surface area contributed by atoms with Crippen molar-refractivity contribution in [3.8, 4) is 10.6 Å². The number of carbonyl (C=O) groups excluding carboxylic acids is 1. The highest BCUT2D eigenvalue weighted by molar-refractivity contribution is 7.13. The van der Waals surface area contributed by atoms with Gasteiger partial charge in [0, 0.05) is 18.0 Å². The van der Waals surface area contributed by atoms with Crippen molar-refractivity contribution in [1.29, 1.82) is 0 Å². The second-order valence-electron chi connectivity index (χ2n) is 6.50. The number of aromatic nitrogens is 1. The first-order chi connectivity index (χ1) is 11.7. The molecule has 3 aromatic rings. The van der Waals surface area contributed by atoms with Crippen LogP contribution in [-0.2, 0) is 11.8 Å². The zero-order chi connectivity index (χ0) is 16.7. The van der Waals surface area contributed by atoms with Crippen molar-refractivity contribution in [2.24, 2.45) is 7.05 Å². The second kappa shape index (κ2) is 6.10. The van der Waals surface area contributed by atoms with Gasteiger partial charge in [-0.3, -0.25) is 0 Å². The molecule has 0 saturated heterocycles. The van der Waals surface area contributed by atoms with E-state index in [-0.39, 0.29) is 5.97 Å². The van der Waals surface area contributed by atoms with Gasteiger partial charge in [-0.15, -0.1) is 11.3 Å². The predicted molar refractivity (Wildman–Crippen MR) is 98.8 cm³/mol. The number of methoxy groups -OCH3 is 1. The summed E-state index contributed by atoms with van der Waals surface area (Å²) in [5.74, 6) is 0.341. The maximum Gasteiger partial charge on any atom is 0.337 e. The molecule has 2 aromatic heterocycles. The van der Waals surface area contributed by atoms with Crippen LogP contribution >= 0.6 is 11.3 Å². The van der Waals surface area contributed by atoms with Crippen molar-refractivity contribution in [1.82, 2.24) is 4.57 Å². The Morgan fingerprint density at radius 3 is 2.71 bits per heavy atom. The molecule has 0 aliphatic heterocycles. The molecule has 1 aliphatic rings. The summed E-state index contributed by atoms with van der Waals surface area (Å²) in [5.41, 5.74) is 4.50. The Bertz CT molecular complexity index is 886. The quantitative estimate of drug-likeness (QED) is 0.602. The van der Waals surface area contributed by atoms with Gasteiger partial charge in [0.25, 0.3) is 0 Å². The van der Waals surface area contributed by atoms with E-state index in [1.165, 1.54) is 54.3 Å². The van der Waals surface area contributed by atoms with Crippen LogP contribution in [0.3, 0.4) is 0 Å². The minimum Gasteiger partial charge on any atom is -0.465 e. The third-order valence-corrected chi connectivity index (χ3v) is 6.06. The van der Waals surface area contributed by atoms with E-state index in [0.717, 1.165) is 5.52 Å². The highest BCUT2D eigenvalue weighted by atomic mass is 32.1. The van der Waals surface area contributed by atoms with Gasteiger partial charge < -0.3 is 9.30 Å². The Morgan fingerprint density at radius 2 is 2.04 bits per heavy atom. The number of carbonyl (C=O) groups is 1. The van der Waals surface area contributed by atoms with E-state index in [4.69, 9.17) is 4.74 Å². The zero-order valence-electron chi connectivity index (χ0n) is 14.0. The summed E-state index contributed by atoms with van der Waals surface area (Å²) in [4.78, 5) is 13.2. The number of hydrogen-bond acceptors (Lipinski definition) is 3. The van der Waals surface area contributed by atoms with E-state index in [1.54, 1.807) is 11.3 Å². The Kier molecular flexibility index (Phi) is 3.93. The molecule has 24 heavy (non-hydrogen) atoms. The highest BCUT2D eigenvalue weighted by Crippen LogP contribution is 2.45. The molecular formula is C20H21NO2S. The molecule has 2 heterocycles. The minimum absolute atomic E-state index is 0.279. The van der Waals surface area contributed by atoms with Crippen LogP contribution in [0.5, 0.6) is 0 Å². The van der Waals surface area contributed by atoms with E-state index in [0.29, 0.717) is 11.5 Å². The molecule has 3 nitrogen and oxygen atoms in total. The lowest BCUT2D eigenvalue weighted by Crippen LogP contribution is -2.01. The summed E-state index contributed by atoms with van der Waals surface area (Å²) in [6.45, 7) is 0. The van der Waals surface area contributed by atoms with Crippen molar-refractivity contribution < 1.29 is 9.53 Å². The van der Waals surface area contributed by atoms with Crippen LogP contribution in [-0.4, -0.2) is 17.6 Å². The van der Waals surface area contributed by atoms with Crippen molar-refractivity contribution in [3.05, 3.63) is 46.8 Å². The summed E-state index contributed by atoms with van der Waals surface area (Å²) < 4.78 is 7.14. The van der Waals surface area contributed by atoms with E-state index < -0.39 is 0 Å². The number of benzene rings is 1. The number of thiophene rings is 1. The number of rotatable bonds is 3. The molecule has 0 spiro atoms. The number of fused-ring (bicyclic) bond motifs is 1. The van der Waals surface area contributed by atoms with Crippen LogP contribution in [0.25, 0.3) is 21.5 Å². The summed E-state index contributed by atoms with van der Waals surface area (Å²) in [6, 6.07) is 10.3. The SMILES string of the molecule is COC(=O)c1ccc2c(C3CCCC3)c(-c3cccs3)n(C)c2c1. The summed E-state index contributed by atoms with van der Waals surface area (Å²) in [5, 5.41) is 3.41. The Morgan fingerprint density at radius 1 is 1.25 bits per heavy atom. The van der Waals surface area contributed by atoms with E-state index >= 15 is 0 Å². The topological polar surface area (TPSA) is 31.2 Å². The van der Waals surface area contributed by atoms with E-state index in [2.05, 4.69) is 35.2 Å². The molecule has 0 amide bonds. The lowest BCUT2D eigenvalue weighted by atomic mass is 9.93. The van der Waals surface area contributed by atoms with Crippen LogP contribution in [0.2, 0.25) is 0 Å². The van der Waals surface area contributed by atoms with Crippen molar-refractivity contribution in [2.45, 2.75) is 31.6 Å². The monoisotopic (exact) mass is 339 g/mol. The lowest BCUT2D eigenvalue weighted by molar-refractivity contribution is 0.0601. The van der Waals surface area contributed by atoms with E-state index in [9.17, 15) is 4.79 Å². The predicted octanol–water partition coefficient (Wildman–Crippen LogP) is 5.35. The molecule has 0 N–H and O–H groups in total. The first kappa shape index (κ1) is 15.5. The average molecular weight is 339 g/mol. The third kappa shape index (κ3) is 2.37. The molecule has 0 atom stereocenters. The smallest absolute Gasteiger partial charge is 0.337 e. The van der Waals surface area contributed by atoms with Gasteiger partial charge >= 0.3 is 5.97 Å². The molecule has 0 radical (unpaired) electrons. The second-order valence-corrected chi connectivity index (χ2v) is 7.45.